The van der Waals surface area contributed by atoms with Crippen molar-refractivity contribution in [2.24, 2.45) is 0 Å². The van der Waals surface area contributed by atoms with Crippen LogP contribution in [0.25, 0.3) is 0 Å². The zero-order valence-electron chi connectivity index (χ0n) is 10.8. The molecular weight excluding hydrogens is 267 g/mol. The quantitative estimate of drug-likeness (QED) is 0.837. The zero-order valence-corrected chi connectivity index (χ0v) is 10.8. The van der Waals surface area contributed by atoms with Gasteiger partial charge in [-0.15, -0.1) is 0 Å². The Morgan fingerprint density at radius 2 is 2.35 bits per heavy atom. The Morgan fingerprint density at radius 1 is 1.50 bits per heavy atom. The summed E-state index contributed by atoms with van der Waals surface area (Å²) in [5.74, 6) is -0.458. The highest BCUT2D eigenvalue weighted by Gasteiger charge is 2.21. The van der Waals surface area contributed by atoms with Gasteiger partial charge in [-0.2, -0.15) is 0 Å². The van der Waals surface area contributed by atoms with E-state index in [0.717, 1.165) is 0 Å². The fraction of sp³-hybridized carbons (Fsp3) is 0.385. The summed E-state index contributed by atoms with van der Waals surface area (Å²) in [6, 6.07) is 5.56. The van der Waals surface area contributed by atoms with Gasteiger partial charge in [0.2, 0.25) is 0 Å². The van der Waals surface area contributed by atoms with Gasteiger partial charge in [0.25, 0.3) is 5.91 Å². The summed E-state index contributed by atoms with van der Waals surface area (Å²) in [7, 11) is 0. The lowest BCUT2D eigenvalue weighted by Gasteiger charge is -2.13. The van der Waals surface area contributed by atoms with E-state index in [0.29, 0.717) is 32.0 Å². The third kappa shape index (κ3) is 4.11. The lowest BCUT2D eigenvalue weighted by atomic mass is 10.3. The van der Waals surface area contributed by atoms with Crippen LogP contribution in [0.3, 0.4) is 0 Å². The lowest BCUT2D eigenvalue weighted by Crippen LogP contribution is -2.37. The van der Waals surface area contributed by atoms with Gasteiger partial charge >= 0.3 is 6.09 Å². The molecule has 2 amide bonds. The minimum Gasteiger partial charge on any atom is -0.484 e. The number of carbonyl (C=O) groups excluding carboxylic acids is 2. The normalized spacial score (nSPS) is 14.1. The van der Waals surface area contributed by atoms with E-state index in [1.807, 2.05) is 0 Å². The second-order valence-corrected chi connectivity index (χ2v) is 4.20. The van der Waals surface area contributed by atoms with Crippen molar-refractivity contribution in [2.45, 2.75) is 0 Å². The Morgan fingerprint density at radius 3 is 3.05 bits per heavy atom. The van der Waals surface area contributed by atoms with Crippen LogP contribution >= 0.6 is 0 Å². The largest absolute Gasteiger partial charge is 0.484 e. The molecule has 0 aromatic heterocycles. The van der Waals surface area contributed by atoms with E-state index < -0.39 is 5.82 Å². The summed E-state index contributed by atoms with van der Waals surface area (Å²) in [4.78, 5) is 24.1. The van der Waals surface area contributed by atoms with E-state index in [9.17, 15) is 14.0 Å². The molecule has 0 atom stereocenters. The van der Waals surface area contributed by atoms with Gasteiger partial charge in [0.1, 0.15) is 18.2 Å². The maximum absolute atomic E-state index is 12.9. The third-order valence-electron chi connectivity index (χ3n) is 2.71. The summed E-state index contributed by atoms with van der Waals surface area (Å²) < 4.78 is 22.8. The summed E-state index contributed by atoms with van der Waals surface area (Å²) in [5, 5.41) is 2.61. The molecule has 20 heavy (non-hydrogen) atoms. The van der Waals surface area contributed by atoms with Crippen molar-refractivity contribution in [1.29, 1.82) is 0 Å². The van der Waals surface area contributed by atoms with Gasteiger partial charge in [0.15, 0.2) is 6.61 Å². The molecule has 1 aliphatic heterocycles. The molecule has 6 nitrogen and oxygen atoms in total. The highest BCUT2D eigenvalue weighted by atomic mass is 19.1. The minimum atomic E-state index is -0.421. The average molecular weight is 282 g/mol. The third-order valence-corrected chi connectivity index (χ3v) is 2.71. The molecule has 1 aliphatic rings. The highest BCUT2D eigenvalue weighted by molar-refractivity contribution is 5.77. The van der Waals surface area contributed by atoms with Crippen LogP contribution in [0, 0.1) is 5.82 Å². The number of nitrogens with zero attached hydrogens (tertiary/aromatic N) is 1. The van der Waals surface area contributed by atoms with E-state index in [2.05, 4.69) is 5.32 Å². The molecule has 1 aromatic carbocycles. The number of cyclic esters (lactones) is 1. The maximum atomic E-state index is 12.9. The van der Waals surface area contributed by atoms with Crippen molar-refractivity contribution in [3.63, 3.8) is 0 Å². The molecule has 108 valence electrons. The van der Waals surface area contributed by atoms with Gasteiger partial charge in [-0.05, 0) is 12.1 Å². The second kappa shape index (κ2) is 6.74. The lowest BCUT2D eigenvalue weighted by molar-refractivity contribution is -0.123. The van der Waals surface area contributed by atoms with Gasteiger partial charge in [0, 0.05) is 19.2 Å². The predicted molar refractivity (Wildman–Crippen MR) is 67.8 cm³/mol. The topological polar surface area (TPSA) is 67.9 Å². The molecule has 1 saturated heterocycles. The molecule has 0 bridgehead atoms. The molecular formula is C13H15FN2O4. The second-order valence-electron chi connectivity index (χ2n) is 4.20. The van der Waals surface area contributed by atoms with Crippen molar-refractivity contribution < 1.29 is 23.5 Å². The summed E-state index contributed by atoms with van der Waals surface area (Å²) in [6.07, 6.45) is -0.366. The molecule has 0 unspecified atom stereocenters. The van der Waals surface area contributed by atoms with Crippen molar-refractivity contribution in [3.05, 3.63) is 30.1 Å². The molecule has 0 saturated carbocycles. The number of nitrogens with one attached hydrogen (secondary N) is 1. The van der Waals surface area contributed by atoms with Crippen molar-refractivity contribution in [3.8, 4) is 5.75 Å². The first kappa shape index (κ1) is 14.1. The number of amides is 2. The Kier molecular flexibility index (Phi) is 4.75. The number of hydrogen-bond donors (Lipinski definition) is 1. The van der Waals surface area contributed by atoms with Crippen LogP contribution in [-0.4, -0.2) is 49.7 Å². The van der Waals surface area contributed by atoms with Crippen LogP contribution in [0.2, 0.25) is 0 Å². The SMILES string of the molecule is O=C(COc1cccc(F)c1)NCCN1CCOC1=O. The van der Waals surface area contributed by atoms with Crippen LogP contribution in [-0.2, 0) is 9.53 Å². The first-order chi connectivity index (χ1) is 9.65. The molecule has 0 aliphatic carbocycles. The first-order valence-electron chi connectivity index (χ1n) is 6.22. The van der Waals surface area contributed by atoms with Gasteiger partial charge in [0.05, 0.1) is 6.54 Å². The number of ether oxygens (including phenoxy) is 2. The van der Waals surface area contributed by atoms with Crippen LogP contribution in [0.15, 0.2) is 24.3 Å². The predicted octanol–water partition coefficient (Wildman–Crippen LogP) is 0.773. The van der Waals surface area contributed by atoms with Gasteiger partial charge in [-0.3, -0.25) is 4.79 Å². The number of carbonyl (C=O) groups is 2. The number of halogens is 1. The van der Waals surface area contributed by atoms with E-state index in [1.165, 1.54) is 23.1 Å². The maximum Gasteiger partial charge on any atom is 0.409 e. The van der Waals surface area contributed by atoms with Crippen LogP contribution in [0.4, 0.5) is 9.18 Å². The minimum absolute atomic E-state index is 0.200. The van der Waals surface area contributed by atoms with Crippen LogP contribution in [0.5, 0.6) is 5.75 Å². The van der Waals surface area contributed by atoms with Gasteiger partial charge in [-0.25, -0.2) is 9.18 Å². The fourth-order valence-electron chi connectivity index (χ4n) is 1.72. The summed E-state index contributed by atoms with van der Waals surface area (Å²) >= 11 is 0. The van der Waals surface area contributed by atoms with E-state index in [1.54, 1.807) is 6.07 Å². The standard InChI is InChI=1S/C13H15FN2O4/c14-10-2-1-3-11(8-10)20-9-12(17)15-4-5-16-6-7-19-13(16)18/h1-3,8H,4-7,9H2,(H,15,17). The van der Waals surface area contributed by atoms with Crippen molar-refractivity contribution in [1.82, 2.24) is 10.2 Å². The molecule has 2 rings (SSSR count). The van der Waals surface area contributed by atoms with E-state index >= 15 is 0 Å². The van der Waals surface area contributed by atoms with Crippen molar-refractivity contribution >= 4 is 12.0 Å². The highest BCUT2D eigenvalue weighted by Crippen LogP contribution is 2.11. The Hall–Kier alpha value is -2.31. The molecule has 1 N–H and O–H groups in total. The summed E-state index contributed by atoms with van der Waals surface area (Å²) in [6.45, 7) is 1.43. The Balaban J connectivity index is 1.64. The Labute approximate surface area is 115 Å². The first-order valence-corrected chi connectivity index (χ1v) is 6.22. The number of benzene rings is 1. The molecule has 1 fully saturated rings. The molecule has 1 aromatic rings. The Bertz CT molecular complexity index is 495. The smallest absolute Gasteiger partial charge is 0.409 e. The monoisotopic (exact) mass is 282 g/mol. The number of hydrogen-bond acceptors (Lipinski definition) is 4. The van der Waals surface area contributed by atoms with Crippen LogP contribution < -0.4 is 10.1 Å². The fourth-order valence-corrected chi connectivity index (χ4v) is 1.72. The van der Waals surface area contributed by atoms with Gasteiger partial charge in [-0.1, -0.05) is 6.07 Å². The van der Waals surface area contributed by atoms with Gasteiger partial charge < -0.3 is 19.7 Å². The van der Waals surface area contributed by atoms with E-state index in [4.69, 9.17) is 9.47 Å². The summed E-state index contributed by atoms with van der Waals surface area (Å²) in [5.41, 5.74) is 0. The molecule has 0 spiro atoms. The van der Waals surface area contributed by atoms with E-state index in [-0.39, 0.29) is 18.6 Å². The number of rotatable bonds is 6. The molecule has 0 radical (unpaired) electrons. The average Bonchev–Trinajstić information content (AvgIpc) is 2.82. The zero-order chi connectivity index (χ0) is 14.4. The molecule has 1 heterocycles. The van der Waals surface area contributed by atoms with Crippen LogP contribution in [0.1, 0.15) is 0 Å². The van der Waals surface area contributed by atoms with Crippen molar-refractivity contribution in [2.75, 3.05) is 32.8 Å². The molecule has 7 heteroatoms.